The monoisotopic (exact) mass is 316 g/mol. The summed E-state index contributed by atoms with van der Waals surface area (Å²) in [5, 5.41) is 31.1. The van der Waals surface area contributed by atoms with Crippen molar-refractivity contribution < 1.29 is 15.0 Å². The molecule has 1 heterocycles. The zero-order chi connectivity index (χ0) is 16.0. The van der Waals surface area contributed by atoms with Gasteiger partial charge in [-0.25, -0.2) is 0 Å². The van der Waals surface area contributed by atoms with E-state index in [2.05, 4.69) is 6.07 Å². The molecule has 0 aromatic carbocycles. The highest BCUT2D eigenvalue weighted by Gasteiger charge is 2.63. The number of carbonyl (C=O) groups excluding carboxylic acids is 1. The number of nitrogens with zero attached hydrogens (tertiary/aromatic N) is 2. The Labute approximate surface area is 136 Å². The maximum absolute atomic E-state index is 13.0. The zero-order valence-corrected chi connectivity index (χ0v) is 13.3. The lowest BCUT2D eigenvalue weighted by Gasteiger charge is -2.61. The van der Waals surface area contributed by atoms with Gasteiger partial charge in [-0.3, -0.25) is 4.79 Å². The number of carbonyl (C=O) groups is 1. The Balaban J connectivity index is 1.43. The molecule has 0 aromatic rings. The number of fused-ring (bicyclic) bond motifs is 1. The third kappa shape index (κ3) is 1.88. The molecule has 2 unspecified atom stereocenters. The first-order valence-corrected chi connectivity index (χ1v) is 9.05. The summed E-state index contributed by atoms with van der Waals surface area (Å²) in [6.45, 7) is 0. The first-order valence-electron chi connectivity index (χ1n) is 9.05. The highest BCUT2D eigenvalue weighted by Crippen LogP contribution is 2.63. The minimum Gasteiger partial charge on any atom is -0.390 e. The quantitative estimate of drug-likeness (QED) is 0.801. The number of aliphatic hydroxyl groups is 2. The van der Waals surface area contributed by atoms with Crippen LogP contribution in [0.2, 0.25) is 0 Å². The number of piperidine rings is 1. The van der Waals surface area contributed by atoms with Crippen LogP contribution in [0.25, 0.3) is 0 Å². The molecule has 1 aliphatic heterocycles. The molecule has 5 heteroatoms. The molecule has 1 amide bonds. The Morgan fingerprint density at radius 2 is 1.87 bits per heavy atom. The second-order valence-corrected chi connectivity index (χ2v) is 9.14. The summed E-state index contributed by atoms with van der Waals surface area (Å²) in [5.74, 6) is 1.12. The van der Waals surface area contributed by atoms with Crippen LogP contribution < -0.4 is 0 Å². The molecule has 23 heavy (non-hydrogen) atoms. The Kier molecular flexibility index (Phi) is 2.65. The summed E-state index contributed by atoms with van der Waals surface area (Å²) >= 11 is 0. The first kappa shape index (κ1) is 14.2. The summed E-state index contributed by atoms with van der Waals surface area (Å²) in [6, 6.07) is 2.05. The summed E-state index contributed by atoms with van der Waals surface area (Å²) in [5.41, 5.74) is -1.13. The molecule has 6 fully saturated rings. The molecule has 5 aliphatic carbocycles. The Hall–Kier alpha value is -1.12. The minimum absolute atomic E-state index is 0.179. The number of hydrogen-bond acceptors (Lipinski definition) is 4. The van der Waals surface area contributed by atoms with E-state index < -0.39 is 17.1 Å². The first-order chi connectivity index (χ1) is 10.9. The molecule has 124 valence electrons. The van der Waals surface area contributed by atoms with Gasteiger partial charge in [-0.05, 0) is 69.1 Å². The van der Waals surface area contributed by atoms with Gasteiger partial charge in [0.2, 0.25) is 0 Å². The third-order valence-corrected chi connectivity index (χ3v) is 7.40. The number of hydrogen-bond donors (Lipinski definition) is 2. The predicted octanol–water partition coefficient (Wildman–Crippen LogP) is 1.19. The van der Waals surface area contributed by atoms with Gasteiger partial charge in [-0.2, -0.15) is 5.26 Å². The molecule has 4 bridgehead atoms. The lowest BCUT2D eigenvalue weighted by Crippen LogP contribution is -2.62. The molecule has 0 radical (unpaired) electrons. The van der Waals surface area contributed by atoms with Crippen molar-refractivity contribution in [1.29, 1.82) is 5.26 Å². The maximum Gasteiger partial charge on any atom is 0.253 e. The van der Waals surface area contributed by atoms with Crippen molar-refractivity contribution >= 4 is 5.91 Å². The SMILES string of the molecule is N#C[C@@H]1C[C@@H]2C[C@@H]2N1C(=O)[C@@H](O)C12C[C@@H]3C[C@@H](CC(O)(C3)C1)C2. The summed E-state index contributed by atoms with van der Waals surface area (Å²) < 4.78 is 0. The van der Waals surface area contributed by atoms with Crippen LogP contribution in [0.15, 0.2) is 0 Å². The maximum atomic E-state index is 13.0. The second-order valence-electron chi connectivity index (χ2n) is 9.14. The van der Waals surface area contributed by atoms with Crippen LogP contribution in [-0.4, -0.2) is 44.8 Å². The van der Waals surface area contributed by atoms with E-state index in [1.807, 2.05) is 0 Å². The molecular formula is C18H24N2O3. The van der Waals surface area contributed by atoms with Gasteiger partial charge in [0, 0.05) is 11.5 Å². The topological polar surface area (TPSA) is 84.6 Å². The van der Waals surface area contributed by atoms with Gasteiger partial charge in [-0.1, -0.05) is 0 Å². The molecule has 6 rings (SSSR count). The highest BCUT2D eigenvalue weighted by atomic mass is 16.3. The Bertz CT molecular complexity index is 598. The fraction of sp³-hybridized carbons (Fsp3) is 0.889. The molecular weight excluding hydrogens is 292 g/mol. The van der Waals surface area contributed by atoms with Crippen LogP contribution >= 0.6 is 0 Å². The van der Waals surface area contributed by atoms with E-state index in [-0.39, 0.29) is 18.0 Å². The zero-order valence-electron chi connectivity index (χ0n) is 13.3. The van der Waals surface area contributed by atoms with Gasteiger partial charge in [0.25, 0.3) is 5.91 Å². The normalized spacial score (nSPS) is 53.8. The lowest BCUT2D eigenvalue weighted by molar-refractivity contribution is -0.201. The van der Waals surface area contributed by atoms with Crippen molar-refractivity contribution in [2.45, 2.75) is 75.2 Å². The van der Waals surface area contributed by atoms with Crippen molar-refractivity contribution in [1.82, 2.24) is 4.90 Å². The number of rotatable bonds is 2. The van der Waals surface area contributed by atoms with Crippen molar-refractivity contribution in [3.63, 3.8) is 0 Å². The fourth-order valence-corrected chi connectivity index (χ4v) is 6.90. The summed E-state index contributed by atoms with van der Waals surface area (Å²) in [6.07, 6.45) is 5.79. The van der Waals surface area contributed by atoms with Gasteiger partial charge in [0.05, 0.1) is 11.7 Å². The Morgan fingerprint density at radius 3 is 2.48 bits per heavy atom. The molecule has 0 spiro atoms. The third-order valence-electron chi connectivity index (χ3n) is 7.40. The molecule has 0 aromatic heterocycles. The highest BCUT2D eigenvalue weighted by molar-refractivity contribution is 5.83. The number of amides is 1. The van der Waals surface area contributed by atoms with E-state index in [0.717, 1.165) is 44.9 Å². The van der Waals surface area contributed by atoms with Crippen LogP contribution in [-0.2, 0) is 4.79 Å². The molecule has 1 saturated heterocycles. The van der Waals surface area contributed by atoms with Gasteiger partial charge in [0.1, 0.15) is 12.1 Å². The number of likely N-dealkylation sites (tertiary alicyclic amines) is 1. The summed E-state index contributed by atoms with van der Waals surface area (Å²) in [7, 11) is 0. The van der Waals surface area contributed by atoms with Crippen molar-refractivity contribution in [3.8, 4) is 6.07 Å². The van der Waals surface area contributed by atoms with Crippen LogP contribution in [0.3, 0.4) is 0 Å². The predicted molar refractivity (Wildman–Crippen MR) is 80.8 cm³/mol. The van der Waals surface area contributed by atoms with E-state index in [9.17, 15) is 20.3 Å². The van der Waals surface area contributed by atoms with Gasteiger partial charge >= 0.3 is 0 Å². The lowest BCUT2D eigenvalue weighted by atomic mass is 9.46. The fourth-order valence-electron chi connectivity index (χ4n) is 6.90. The largest absolute Gasteiger partial charge is 0.390 e. The average molecular weight is 316 g/mol. The van der Waals surface area contributed by atoms with E-state index in [0.29, 0.717) is 24.2 Å². The van der Waals surface area contributed by atoms with Crippen LogP contribution in [0.4, 0.5) is 0 Å². The van der Waals surface area contributed by atoms with Gasteiger partial charge in [0.15, 0.2) is 0 Å². The van der Waals surface area contributed by atoms with Crippen molar-refractivity contribution in [3.05, 3.63) is 0 Å². The average Bonchev–Trinajstić information content (AvgIpc) is 3.14. The molecule has 2 N–H and O–H groups in total. The smallest absolute Gasteiger partial charge is 0.253 e. The van der Waals surface area contributed by atoms with Gasteiger partial charge in [-0.15, -0.1) is 0 Å². The van der Waals surface area contributed by atoms with E-state index in [4.69, 9.17) is 0 Å². The van der Waals surface area contributed by atoms with Crippen molar-refractivity contribution in [2.24, 2.45) is 23.2 Å². The standard InChI is InChI=1S/C18H24N2O3/c19-8-13-2-12-3-14(12)20(13)16(22)15(21)17-4-10-1-11(5-17)7-18(23,6-10)9-17/h10-15,21,23H,1-7,9H2/t10-,11+,12-,13+,14+,15-,17?,18?/m1/s1. The molecule has 5 saturated carbocycles. The number of aliphatic hydroxyl groups excluding tert-OH is 1. The second kappa shape index (κ2) is 4.29. The van der Waals surface area contributed by atoms with E-state index >= 15 is 0 Å². The van der Waals surface area contributed by atoms with E-state index in [1.54, 1.807) is 4.90 Å². The molecule has 8 atom stereocenters. The molecule has 5 nitrogen and oxygen atoms in total. The minimum atomic E-state index is -1.05. The van der Waals surface area contributed by atoms with Crippen LogP contribution in [0, 0.1) is 34.5 Å². The molecule has 6 aliphatic rings. The Morgan fingerprint density at radius 1 is 1.17 bits per heavy atom. The van der Waals surface area contributed by atoms with Crippen molar-refractivity contribution in [2.75, 3.05) is 0 Å². The van der Waals surface area contributed by atoms with Crippen LogP contribution in [0.5, 0.6) is 0 Å². The number of nitriles is 1. The van der Waals surface area contributed by atoms with E-state index in [1.165, 1.54) is 0 Å². The van der Waals surface area contributed by atoms with Gasteiger partial charge < -0.3 is 15.1 Å². The summed E-state index contributed by atoms with van der Waals surface area (Å²) in [4.78, 5) is 14.7. The van der Waals surface area contributed by atoms with Crippen LogP contribution in [0.1, 0.15) is 51.4 Å².